The monoisotopic (exact) mass is 271 g/mol. The number of rotatable bonds is 2. The first-order valence-corrected chi connectivity index (χ1v) is 8.27. The molecule has 2 N–H and O–H groups in total. The summed E-state index contributed by atoms with van der Waals surface area (Å²) in [4.78, 5) is 5.28. The van der Waals surface area contributed by atoms with Crippen molar-refractivity contribution in [2.75, 3.05) is 38.5 Å². The molecule has 4 heteroatoms. The van der Waals surface area contributed by atoms with Crippen molar-refractivity contribution in [3.05, 3.63) is 0 Å². The predicted octanol–water partition coefficient (Wildman–Crippen LogP) is 1.63. The molecule has 0 bridgehead atoms. The molecule has 2 aliphatic heterocycles. The van der Waals surface area contributed by atoms with Gasteiger partial charge in [-0.25, -0.2) is 0 Å². The van der Waals surface area contributed by atoms with Crippen LogP contribution in [0.15, 0.2) is 0 Å². The second kappa shape index (κ2) is 5.31. The molecule has 2 rings (SSSR count). The quantitative estimate of drug-likeness (QED) is 0.827. The van der Waals surface area contributed by atoms with E-state index in [4.69, 9.17) is 5.73 Å². The highest BCUT2D eigenvalue weighted by molar-refractivity contribution is 8.00. The number of hydrogen-bond acceptors (Lipinski definition) is 4. The molecule has 0 aromatic carbocycles. The molecule has 0 radical (unpaired) electrons. The van der Waals surface area contributed by atoms with E-state index in [9.17, 15) is 0 Å². The van der Waals surface area contributed by atoms with Crippen LogP contribution in [-0.4, -0.2) is 64.6 Å². The summed E-state index contributed by atoms with van der Waals surface area (Å²) in [5.41, 5.74) is 6.72. The van der Waals surface area contributed by atoms with E-state index in [0.29, 0.717) is 10.8 Å². The van der Waals surface area contributed by atoms with Gasteiger partial charge in [0.05, 0.1) is 0 Å². The van der Waals surface area contributed by atoms with Gasteiger partial charge in [-0.3, -0.25) is 9.80 Å². The first kappa shape index (κ1) is 14.6. The fourth-order valence-corrected chi connectivity index (χ4v) is 4.90. The third-order valence-electron chi connectivity index (χ3n) is 4.87. The van der Waals surface area contributed by atoms with Gasteiger partial charge in [0.1, 0.15) is 0 Å². The minimum atomic E-state index is 0.272. The van der Waals surface area contributed by atoms with Crippen molar-refractivity contribution in [3.63, 3.8) is 0 Å². The van der Waals surface area contributed by atoms with Gasteiger partial charge in [-0.1, -0.05) is 6.92 Å². The summed E-state index contributed by atoms with van der Waals surface area (Å²) >= 11 is 2.09. The summed E-state index contributed by atoms with van der Waals surface area (Å²) in [6.45, 7) is 14.8. The van der Waals surface area contributed by atoms with Crippen LogP contribution in [0, 0.1) is 0 Å². The number of hydrogen-bond donors (Lipinski definition) is 1. The number of thioether (sulfide) groups is 1. The fourth-order valence-electron chi connectivity index (χ4n) is 3.41. The lowest BCUT2D eigenvalue weighted by molar-refractivity contribution is 0.00585. The maximum atomic E-state index is 6.14. The van der Waals surface area contributed by atoms with Gasteiger partial charge in [0, 0.05) is 49.1 Å². The van der Waals surface area contributed by atoms with Crippen molar-refractivity contribution in [1.29, 1.82) is 0 Å². The van der Waals surface area contributed by atoms with Crippen molar-refractivity contribution in [2.45, 2.75) is 50.4 Å². The van der Waals surface area contributed by atoms with E-state index >= 15 is 0 Å². The predicted molar refractivity (Wildman–Crippen MR) is 81.2 cm³/mol. The van der Waals surface area contributed by atoms with E-state index in [0.717, 1.165) is 6.54 Å². The van der Waals surface area contributed by atoms with Crippen molar-refractivity contribution >= 4 is 11.8 Å². The Kier molecular flexibility index (Phi) is 4.32. The lowest BCUT2D eigenvalue weighted by atomic mass is 9.89. The molecule has 0 spiro atoms. The van der Waals surface area contributed by atoms with Crippen molar-refractivity contribution in [2.24, 2.45) is 5.73 Å². The average molecular weight is 271 g/mol. The maximum Gasteiger partial charge on any atom is 0.0456 e. The Balaban J connectivity index is 2.00. The molecule has 2 atom stereocenters. The van der Waals surface area contributed by atoms with E-state index in [-0.39, 0.29) is 5.54 Å². The normalized spacial score (nSPS) is 36.2. The van der Waals surface area contributed by atoms with Gasteiger partial charge in [0.2, 0.25) is 0 Å². The van der Waals surface area contributed by atoms with Crippen molar-refractivity contribution < 1.29 is 0 Å². The topological polar surface area (TPSA) is 32.5 Å². The number of nitrogens with two attached hydrogens (primary N) is 1. The zero-order valence-electron chi connectivity index (χ0n) is 12.4. The number of nitrogens with zero attached hydrogens (tertiary/aromatic N) is 2. The Labute approximate surface area is 116 Å². The summed E-state index contributed by atoms with van der Waals surface area (Å²) in [5.74, 6) is 1.28. The lowest BCUT2D eigenvalue weighted by Gasteiger charge is -2.50. The molecule has 2 saturated heterocycles. The third kappa shape index (κ3) is 2.58. The summed E-state index contributed by atoms with van der Waals surface area (Å²) < 4.78 is 0. The smallest absolute Gasteiger partial charge is 0.0456 e. The maximum absolute atomic E-state index is 6.14. The van der Waals surface area contributed by atoms with Crippen molar-refractivity contribution in [3.8, 4) is 0 Å². The summed E-state index contributed by atoms with van der Waals surface area (Å²) in [7, 11) is 0. The van der Waals surface area contributed by atoms with Crippen LogP contribution < -0.4 is 5.73 Å². The van der Waals surface area contributed by atoms with E-state index in [2.05, 4.69) is 49.3 Å². The molecule has 0 aliphatic carbocycles. The highest BCUT2D eigenvalue weighted by Gasteiger charge is 2.45. The summed E-state index contributed by atoms with van der Waals surface area (Å²) in [5, 5.41) is 0.684. The second-order valence-corrected chi connectivity index (χ2v) is 8.16. The van der Waals surface area contributed by atoms with Crippen LogP contribution in [0.1, 0.15) is 34.1 Å². The van der Waals surface area contributed by atoms with E-state index in [1.807, 2.05) is 0 Å². The molecule has 2 aliphatic rings. The van der Waals surface area contributed by atoms with Crippen molar-refractivity contribution in [1.82, 2.24) is 9.80 Å². The molecule has 18 heavy (non-hydrogen) atoms. The lowest BCUT2D eigenvalue weighted by Crippen LogP contribution is -2.64. The SMILES string of the molecule is CC1SCCC1(CN)N1CCN(C(C)(C)C)CC1. The van der Waals surface area contributed by atoms with Crippen LogP contribution >= 0.6 is 11.8 Å². The largest absolute Gasteiger partial charge is 0.329 e. The molecular formula is C14H29N3S. The molecule has 2 fully saturated rings. The molecule has 0 saturated carbocycles. The highest BCUT2D eigenvalue weighted by atomic mass is 32.2. The molecule has 0 aromatic rings. The molecule has 2 heterocycles. The third-order valence-corrected chi connectivity index (χ3v) is 6.25. The standard InChI is InChI=1S/C14H29N3S/c1-12-14(11-15,5-10-18-12)17-8-6-16(7-9-17)13(2,3)4/h12H,5-11,15H2,1-4H3. The highest BCUT2D eigenvalue weighted by Crippen LogP contribution is 2.40. The Morgan fingerprint density at radius 2 is 1.83 bits per heavy atom. The van der Waals surface area contributed by atoms with Gasteiger partial charge < -0.3 is 5.73 Å². The molecule has 106 valence electrons. The van der Waals surface area contributed by atoms with Gasteiger partial charge in [-0.2, -0.15) is 11.8 Å². The summed E-state index contributed by atoms with van der Waals surface area (Å²) in [6.07, 6.45) is 1.27. The Morgan fingerprint density at radius 3 is 2.22 bits per heavy atom. The molecule has 2 unspecified atom stereocenters. The Hall–Kier alpha value is 0.230. The van der Waals surface area contributed by atoms with E-state index in [1.165, 1.54) is 38.4 Å². The second-order valence-electron chi connectivity index (χ2n) is 6.72. The van der Waals surface area contributed by atoms with Crippen LogP contribution in [0.2, 0.25) is 0 Å². The Bertz CT molecular complexity index is 281. The Morgan fingerprint density at radius 1 is 1.22 bits per heavy atom. The first-order chi connectivity index (χ1) is 8.40. The zero-order valence-corrected chi connectivity index (χ0v) is 13.2. The first-order valence-electron chi connectivity index (χ1n) is 7.22. The van der Waals surface area contributed by atoms with Crippen LogP contribution in [0.3, 0.4) is 0 Å². The van der Waals surface area contributed by atoms with E-state index < -0.39 is 0 Å². The van der Waals surface area contributed by atoms with Crippen LogP contribution in [0.5, 0.6) is 0 Å². The van der Waals surface area contributed by atoms with E-state index in [1.54, 1.807) is 0 Å². The fraction of sp³-hybridized carbons (Fsp3) is 1.00. The van der Waals surface area contributed by atoms with Crippen LogP contribution in [0.4, 0.5) is 0 Å². The molecule has 0 amide bonds. The van der Waals surface area contributed by atoms with Gasteiger partial charge in [0.25, 0.3) is 0 Å². The van der Waals surface area contributed by atoms with Crippen LogP contribution in [-0.2, 0) is 0 Å². The average Bonchev–Trinajstić information content (AvgIpc) is 2.71. The van der Waals surface area contributed by atoms with Gasteiger partial charge in [-0.15, -0.1) is 0 Å². The molecule has 3 nitrogen and oxygen atoms in total. The summed E-state index contributed by atoms with van der Waals surface area (Å²) in [6, 6.07) is 0. The minimum absolute atomic E-state index is 0.272. The van der Waals surface area contributed by atoms with Gasteiger partial charge >= 0.3 is 0 Å². The molecule has 0 aromatic heterocycles. The zero-order chi connectivity index (χ0) is 13.4. The minimum Gasteiger partial charge on any atom is -0.329 e. The number of piperazine rings is 1. The van der Waals surface area contributed by atoms with Gasteiger partial charge in [0.15, 0.2) is 0 Å². The molecular weight excluding hydrogens is 242 g/mol. The van der Waals surface area contributed by atoms with Crippen LogP contribution in [0.25, 0.3) is 0 Å². The van der Waals surface area contributed by atoms with Gasteiger partial charge in [-0.05, 0) is 32.9 Å².